The predicted molar refractivity (Wildman–Crippen MR) is 155 cm³/mol. The third-order valence-electron chi connectivity index (χ3n) is 5.92. The number of thioether (sulfide) groups is 2. The lowest BCUT2D eigenvalue weighted by atomic mass is 10.2. The van der Waals surface area contributed by atoms with Crippen LogP contribution in [0.3, 0.4) is 0 Å². The number of nitrogens with zero attached hydrogens (tertiary/aromatic N) is 3. The van der Waals surface area contributed by atoms with Crippen molar-refractivity contribution >= 4 is 85.9 Å². The number of carboxylic acids is 2. The highest BCUT2D eigenvalue weighted by atomic mass is 32.2. The van der Waals surface area contributed by atoms with E-state index in [9.17, 15) is 51.3 Å². The highest BCUT2D eigenvalue weighted by Gasteiger charge is 2.59. The number of alkyl halides is 5. The van der Waals surface area contributed by atoms with E-state index in [-0.39, 0.29) is 14.1 Å². The normalized spacial score (nSPS) is 18.0. The standard InChI is InChI=1S/C24H18F5N3O8S4/c1-39-11-5-10-14(6-12(11)40-2)42-15(30(10)7-16(33)34)4-3-13-19(37)31(8-17(35)36)21(43-13)18-20(38)32(22(41)44-18)9-23(25,26)24(27,28)29/h3-6H,7-9H2,1-2H3,(H,33,34)(H,35,36)/b13-3?,15-4?,21-18-. The second-order valence-corrected chi connectivity index (χ2v) is 12.5. The fourth-order valence-electron chi connectivity index (χ4n) is 3.93. The number of aliphatic carboxylic acids is 2. The Hall–Kier alpha value is -3.62. The van der Waals surface area contributed by atoms with Crippen molar-refractivity contribution in [3.05, 3.63) is 42.8 Å². The molecule has 2 aliphatic heterocycles. The Morgan fingerprint density at radius 1 is 0.955 bits per heavy atom. The molecule has 1 aromatic heterocycles. The molecule has 0 spiro atoms. The molecule has 44 heavy (non-hydrogen) atoms. The van der Waals surface area contributed by atoms with Crippen LogP contribution >= 0.6 is 47.1 Å². The number of benzene rings is 1. The average molecular weight is 700 g/mol. The minimum absolute atomic E-state index is 0.0439. The highest BCUT2D eigenvalue weighted by Crippen LogP contribution is 2.50. The average Bonchev–Trinajstić information content (AvgIpc) is 3.51. The maximum atomic E-state index is 13.7. The fourth-order valence-corrected chi connectivity index (χ4v) is 7.46. The van der Waals surface area contributed by atoms with E-state index in [0.717, 1.165) is 11.8 Å². The molecule has 0 radical (unpaired) electrons. The van der Waals surface area contributed by atoms with Gasteiger partial charge < -0.3 is 24.6 Å². The van der Waals surface area contributed by atoms with Crippen LogP contribution in [0.4, 0.5) is 27.6 Å². The maximum absolute atomic E-state index is 13.7. The Balaban J connectivity index is 1.83. The highest BCUT2D eigenvalue weighted by molar-refractivity contribution is 8.30. The molecule has 3 heterocycles. The molecule has 1 fully saturated rings. The van der Waals surface area contributed by atoms with Gasteiger partial charge in [-0.15, -0.1) is 11.3 Å². The van der Waals surface area contributed by atoms with Crippen molar-refractivity contribution in [2.45, 2.75) is 23.5 Å². The van der Waals surface area contributed by atoms with Crippen LogP contribution < -0.4 is 29.1 Å². The van der Waals surface area contributed by atoms with E-state index in [1.165, 1.54) is 31.3 Å². The molecule has 0 aliphatic carbocycles. The number of hydrogen-bond acceptors (Lipinski definition) is 11. The number of thiazole rings is 1. The number of allylic oxidation sites excluding steroid dienone is 1. The van der Waals surface area contributed by atoms with E-state index < -0.39 is 64.4 Å². The smallest absolute Gasteiger partial charge is 0.455 e. The topological polar surface area (TPSA) is 139 Å². The second kappa shape index (κ2) is 12.4. The number of carboxylic acid groups (broad SMARTS) is 2. The Morgan fingerprint density at radius 3 is 2.14 bits per heavy atom. The monoisotopic (exact) mass is 699 g/mol. The number of ether oxygens (including phenoxy) is 2. The Kier molecular flexibility index (Phi) is 9.38. The van der Waals surface area contributed by atoms with Crippen LogP contribution in [-0.2, 0) is 20.9 Å². The number of thiocarbonyl (C=S) groups is 1. The van der Waals surface area contributed by atoms with Crippen molar-refractivity contribution in [2.24, 2.45) is 0 Å². The number of aromatic nitrogens is 1. The maximum Gasteiger partial charge on any atom is 0.455 e. The first-order valence-electron chi connectivity index (χ1n) is 11.8. The SMILES string of the molecule is COc1cc2c(cc1OC)N(CC(=O)O)C(=CC=c1s/c(=C3\SC(=S)N(CC(F)(F)C(F)(F)F)C3=O)n(CC(=O)O)c1=O)S2. The summed E-state index contributed by atoms with van der Waals surface area (Å²) in [6.45, 7) is -3.56. The van der Waals surface area contributed by atoms with Gasteiger partial charge in [0.2, 0.25) is 0 Å². The number of hydrogen-bond donors (Lipinski definition) is 2. The third kappa shape index (κ3) is 6.42. The number of carbonyl (C=O) groups is 3. The minimum Gasteiger partial charge on any atom is -0.493 e. The van der Waals surface area contributed by atoms with Crippen LogP contribution in [0.15, 0.2) is 32.9 Å². The summed E-state index contributed by atoms with van der Waals surface area (Å²) in [5.74, 6) is -8.65. The molecule has 4 rings (SSSR count). The molecule has 1 saturated heterocycles. The summed E-state index contributed by atoms with van der Waals surface area (Å²) < 4.78 is 75.9. The van der Waals surface area contributed by atoms with E-state index in [2.05, 4.69) is 0 Å². The molecule has 20 heteroatoms. The van der Waals surface area contributed by atoms with Crippen molar-refractivity contribution in [2.75, 3.05) is 32.2 Å². The summed E-state index contributed by atoms with van der Waals surface area (Å²) in [5, 5.41) is 19.2. The van der Waals surface area contributed by atoms with Crippen LogP contribution in [0.1, 0.15) is 0 Å². The van der Waals surface area contributed by atoms with Crippen molar-refractivity contribution in [3.63, 3.8) is 0 Å². The molecule has 0 bridgehead atoms. The van der Waals surface area contributed by atoms with Gasteiger partial charge in [0.1, 0.15) is 33.5 Å². The quantitative estimate of drug-likeness (QED) is 0.294. The first-order valence-corrected chi connectivity index (χ1v) is 14.6. The van der Waals surface area contributed by atoms with Gasteiger partial charge in [-0.1, -0.05) is 35.7 Å². The fraction of sp³-hybridized carbons (Fsp3) is 0.292. The zero-order chi connectivity index (χ0) is 32.7. The number of halogens is 5. The van der Waals surface area contributed by atoms with Gasteiger partial charge in [0.25, 0.3) is 11.5 Å². The number of anilines is 1. The second-order valence-electron chi connectivity index (χ2n) is 8.78. The lowest BCUT2D eigenvalue weighted by molar-refractivity contribution is -0.282. The van der Waals surface area contributed by atoms with Crippen LogP contribution in [0.5, 0.6) is 11.5 Å². The summed E-state index contributed by atoms with van der Waals surface area (Å²) in [7, 11) is 2.81. The van der Waals surface area contributed by atoms with E-state index in [4.69, 9.17) is 21.7 Å². The van der Waals surface area contributed by atoms with E-state index in [1.54, 1.807) is 12.1 Å². The van der Waals surface area contributed by atoms with Gasteiger partial charge in [-0.2, -0.15) is 22.0 Å². The van der Waals surface area contributed by atoms with Crippen molar-refractivity contribution in [1.82, 2.24) is 9.47 Å². The molecular formula is C24H18F5N3O8S4. The van der Waals surface area contributed by atoms with Crippen LogP contribution in [0, 0.1) is 0 Å². The third-order valence-corrected chi connectivity index (χ3v) is 9.75. The van der Waals surface area contributed by atoms with Crippen molar-refractivity contribution in [1.29, 1.82) is 0 Å². The molecular weight excluding hydrogens is 682 g/mol. The van der Waals surface area contributed by atoms with Gasteiger partial charge in [-0.05, 0) is 12.2 Å². The van der Waals surface area contributed by atoms with Crippen molar-refractivity contribution in [3.8, 4) is 11.5 Å². The minimum atomic E-state index is -5.97. The van der Waals surface area contributed by atoms with Gasteiger partial charge in [-0.3, -0.25) is 28.6 Å². The first kappa shape index (κ1) is 33.3. The summed E-state index contributed by atoms with van der Waals surface area (Å²) in [6.07, 6.45) is -3.35. The first-order chi connectivity index (χ1) is 20.5. The van der Waals surface area contributed by atoms with E-state index in [1.807, 2.05) is 0 Å². The lowest BCUT2D eigenvalue weighted by Crippen LogP contribution is -2.48. The molecule has 1 aromatic carbocycles. The van der Waals surface area contributed by atoms with Crippen LogP contribution in [0.25, 0.3) is 11.0 Å². The largest absolute Gasteiger partial charge is 0.493 e. The van der Waals surface area contributed by atoms with Gasteiger partial charge in [0.05, 0.1) is 29.5 Å². The molecule has 0 saturated carbocycles. The number of rotatable bonds is 9. The molecule has 236 valence electrons. The van der Waals surface area contributed by atoms with Gasteiger partial charge in [0.15, 0.2) is 11.5 Å². The number of carbonyl (C=O) groups excluding carboxylic acids is 1. The molecule has 2 aromatic rings. The van der Waals surface area contributed by atoms with E-state index >= 15 is 0 Å². The van der Waals surface area contributed by atoms with Gasteiger partial charge in [-0.25, -0.2) is 0 Å². The molecule has 2 N–H and O–H groups in total. The molecule has 11 nitrogen and oxygen atoms in total. The number of amides is 1. The van der Waals surface area contributed by atoms with Gasteiger partial charge >= 0.3 is 24.0 Å². The lowest BCUT2D eigenvalue weighted by Gasteiger charge is -2.24. The zero-order valence-corrected chi connectivity index (χ0v) is 25.4. The van der Waals surface area contributed by atoms with Gasteiger partial charge in [0, 0.05) is 17.0 Å². The zero-order valence-electron chi connectivity index (χ0n) is 22.1. The Bertz CT molecular complexity index is 1790. The summed E-state index contributed by atoms with van der Waals surface area (Å²) >= 11 is 6.91. The Labute approximate surface area is 260 Å². The number of fused-ring (bicyclic) bond motifs is 1. The predicted octanol–water partition coefficient (Wildman–Crippen LogP) is 2.50. The van der Waals surface area contributed by atoms with Crippen LogP contribution in [0.2, 0.25) is 0 Å². The molecule has 2 aliphatic rings. The summed E-state index contributed by atoms with van der Waals surface area (Å²) in [5.41, 5.74) is -0.457. The Morgan fingerprint density at radius 2 is 1.57 bits per heavy atom. The summed E-state index contributed by atoms with van der Waals surface area (Å²) in [6, 6.07) is 3.18. The summed E-state index contributed by atoms with van der Waals surface area (Å²) in [4.78, 5) is 50.8. The molecule has 0 unspecified atom stereocenters. The molecule has 1 amide bonds. The number of methoxy groups -OCH3 is 2. The van der Waals surface area contributed by atoms with Crippen LogP contribution in [-0.4, -0.2) is 81.3 Å². The molecule has 0 atom stereocenters. The van der Waals surface area contributed by atoms with Crippen molar-refractivity contribution < 1.29 is 56.0 Å². The van der Waals surface area contributed by atoms with E-state index in [0.29, 0.717) is 54.8 Å².